The van der Waals surface area contributed by atoms with Gasteiger partial charge in [0.25, 0.3) is 5.91 Å². The van der Waals surface area contributed by atoms with E-state index in [4.69, 9.17) is 0 Å². The van der Waals surface area contributed by atoms with Gasteiger partial charge in [0.2, 0.25) is 0 Å². The minimum atomic E-state index is -0.798. The fraction of sp³-hybridized carbons (Fsp3) is 0.333. The van der Waals surface area contributed by atoms with Crippen LogP contribution in [-0.2, 0) is 9.59 Å². The largest absolute Gasteiger partial charge is 0.508 e. The van der Waals surface area contributed by atoms with Crippen molar-refractivity contribution in [2.45, 2.75) is 26.3 Å². The predicted octanol–water partition coefficient (Wildman–Crippen LogP) is 2.89. The molecular weight excluding hydrogens is 294 g/mol. The molecule has 1 amide bonds. The van der Waals surface area contributed by atoms with E-state index in [1.807, 2.05) is 13.8 Å². The lowest BCUT2D eigenvalue weighted by Crippen LogP contribution is -2.31. The highest BCUT2D eigenvalue weighted by atomic mass is 16.3. The number of aromatic hydroxyl groups is 1. The van der Waals surface area contributed by atoms with E-state index >= 15 is 0 Å². The lowest BCUT2D eigenvalue weighted by atomic mass is 9.91. The summed E-state index contributed by atoms with van der Waals surface area (Å²) in [4.78, 5) is 26.2. The summed E-state index contributed by atoms with van der Waals surface area (Å²) in [7, 11) is 0. The summed E-state index contributed by atoms with van der Waals surface area (Å²) >= 11 is 0. The molecule has 2 rings (SSSR count). The first-order valence-corrected chi connectivity index (χ1v) is 7.54. The predicted molar refractivity (Wildman–Crippen MR) is 86.9 cm³/mol. The van der Waals surface area contributed by atoms with Crippen molar-refractivity contribution in [3.8, 4) is 5.75 Å². The number of carbonyl (C=O) groups excluding carboxylic acids is 2. The van der Waals surface area contributed by atoms with Gasteiger partial charge in [0.15, 0.2) is 11.5 Å². The SMILES string of the molecule is C=CCN1C(=O)C(O)=C(C(=O)CC(C)C)C1c1ccccc1O. The van der Waals surface area contributed by atoms with Crippen LogP contribution in [0.25, 0.3) is 0 Å². The number of ketones is 1. The van der Waals surface area contributed by atoms with E-state index in [1.165, 1.54) is 17.0 Å². The maximum atomic E-state index is 12.6. The number of phenols is 1. The highest BCUT2D eigenvalue weighted by Crippen LogP contribution is 2.41. The average Bonchev–Trinajstić information content (AvgIpc) is 2.72. The molecule has 0 saturated heterocycles. The molecule has 0 fully saturated rings. The van der Waals surface area contributed by atoms with Crippen LogP contribution in [0.3, 0.4) is 0 Å². The van der Waals surface area contributed by atoms with Gasteiger partial charge in [0, 0.05) is 18.5 Å². The molecule has 0 bridgehead atoms. The van der Waals surface area contributed by atoms with Crippen LogP contribution in [0.4, 0.5) is 0 Å². The Morgan fingerprint density at radius 1 is 1.35 bits per heavy atom. The maximum absolute atomic E-state index is 12.6. The minimum absolute atomic E-state index is 0.0242. The summed E-state index contributed by atoms with van der Waals surface area (Å²) in [5, 5.41) is 20.3. The third-order valence-electron chi connectivity index (χ3n) is 3.75. The zero-order valence-corrected chi connectivity index (χ0v) is 13.3. The zero-order valence-electron chi connectivity index (χ0n) is 13.3. The van der Waals surface area contributed by atoms with E-state index in [0.717, 1.165) is 0 Å². The molecule has 0 aromatic heterocycles. The number of nitrogens with zero attached hydrogens (tertiary/aromatic N) is 1. The number of aliphatic hydroxyl groups excluding tert-OH is 1. The first kappa shape index (κ1) is 16.8. The number of Topliss-reactive ketones (excluding diaryl/α,β-unsaturated/α-hetero) is 1. The standard InChI is InChI=1S/C18H21NO4/c1-4-9-19-16(12-7-5-6-8-13(12)20)15(17(22)18(19)23)14(21)10-11(2)3/h4-8,11,16,20,22H,1,9-10H2,2-3H3. The van der Waals surface area contributed by atoms with Gasteiger partial charge in [-0.2, -0.15) is 0 Å². The van der Waals surface area contributed by atoms with Crippen LogP contribution < -0.4 is 0 Å². The van der Waals surface area contributed by atoms with E-state index < -0.39 is 17.7 Å². The second-order valence-corrected chi connectivity index (χ2v) is 5.99. The highest BCUT2D eigenvalue weighted by molar-refractivity contribution is 6.09. The van der Waals surface area contributed by atoms with Crippen LogP contribution >= 0.6 is 0 Å². The number of amides is 1. The fourth-order valence-electron chi connectivity index (χ4n) is 2.79. The maximum Gasteiger partial charge on any atom is 0.290 e. The third kappa shape index (κ3) is 3.13. The Morgan fingerprint density at radius 2 is 2.00 bits per heavy atom. The van der Waals surface area contributed by atoms with Crippen molar-refractivity contribution in [1.29, 1.82) is 0 Å². The molecule has 23 heavy (non-hydrogen) atoms. The normalized spacial score (nSPS) is 18.0. The van der Waals surface area contributed by atoms with Crippen molar-refractivity contribution in [2.24, 2.45) is 5.92 Å². The number of rotatable bonds is 6. The van der Waals surface area contributed by atoms with Gasteiger partial charge in [-0.25, -0.2) is 0 Å². The Hall–Kier alpha value is -2.56. The van der Waals surface area contributed by atoms with E-state index in [9.17, 15) is 19.8 Å². The van der Waals surface area contributed by atoms with Crippen molar-refractivity contribution in [3.05, 3.63) is 53.8 Å². The molecule has 122 valence electrons. The van der Waals surface area contributed by atoms with Gasteiger partial charge >= 0.3 is 0 Å². The molecule has 0 saturated carbocycles. The molecule has 2 N–H and O–H groups in total. The first-order valence-electron chi connectivity index (χ1n) is 7.54. The van der Waals surface area contributed by atoms with Crippen LogP contribution in [0, 0.1) is 5.92 Å². The minimum Gasteiger partial charge on any atom is -0.508 e. The average molecular weight is 315 g/mol. The molecule has 1 unspecified atom stereocenters. The van der Waals surface area contributed by atoms with E-state index in [0.29, 0.717) is 5.56 Å². The smallest absolute Gasteiger partial charge is 0.290 e. The van der Waals surface area contributed by atoms with Gasteiger partial charge in [-0.15, -0.1) is 6.58 Å². The molecule has 1 aliphatic rings. The van der Waals surface area contributed by atoms with Crippen LogP contribution in [0.2, 0.25) is 0 Å². The number of benzene rings is 1. The molecule has 0 spiro atoms. The van der Waals surface area contributed by atoms with Crippen LogP contribution in [0.1, 0.15) is 31.9 Å². The van der Waals surface area contributed by atoms with Crippen molar-refractivity contribution in [3.63, 3.8) is 0 Å². The van der Waals surface area contributed by atoms with Crippen LogP contribution in [-0.4, -0.2) is 33.3 Å². The van der Waals surface area contributed by atoms with Gasteiger partial charge in [0.1, 0.15) is 5.75 Å². The topological polar surface area (TPSA) is 77.8 Å². The second kappa shape index (κ2) is 6.69. The Labute approximate surface area is 135 Å². The summed E-state index contributed by atoms with van der Waals surface area (Å²) in [5.74, 6) is -1.37. The van der Waals surface area contributed by atoms with E-state index in [-0.39, 0.29) is 36.0 Å². The Bertz CT molecular complexity index is 675. The summed E-state index contributed by atoms with van der Waals surface area (Å²) in [6, 6.07) is 5.71. The van der Waals surface area contributed by atoms with Crippen LogP contribution in [0.5, 0.6) is 5.75 Å². The molecule has 1 atom stereocenters. The fourth-order valence-corrected chi connectivity index (χ4v) is 2.79. The monoisotopic (exact) mass is 315 g/mol. The second-order valence-electron chi connectivity index (χ2n) is 5.99. The molecule has 5 nitrogen and oxygen atoms in total. The molecule has 0 radical (unpaired) electrons. The number of phenolic OH excluding ortho intramolecular Hbond substituents is 1. The molecule has 1 aromatic carbocycles. The van der Waals surface area contributed by atoms with Gasteiger partial charge in [-0.05, 0) is 12.0 Å². The van der Waals surface area contributed by atoms with Gasteiger partial charge < -0.3 is 15.1 Å². The summed E-state index contributed by atoms with van der Waals surface area (Å²) in [5.41, 5.74) is 0.464. The summed E-state index contributed by atoms with van der Waals surface area (Å²) in [6.07, 6.45) is 1.74. The van der Waals surface area contributed by atoms with E-state index in [2.05, 4.69) is 6.58 Å². The molecule has 1 aliphatic heterocycles. The zero-order chi connectivity index (χ0) is 17.1. The summed E-state index contributed by atoms with van der Waals surface area (Å²) in [6.45, 7) is 7.56. The Morgan fingerprint density at radius 3 is 2.57 bits per heavy atom. The molecule has 5 heteroatoms. The van der Waals surface area contributed by atoms with Crippen LogP contribution in [0.15, 0.2) is 48.3 Å². The van der Waals surface area contributed by atoms with Gasteiger partial charge in [-0.3, -0.25) is 9.59 Å². The highest BCUT2D eigenvalue weighted by Gasteiger charge is 2.43. The quantitative estimate of drug-likeness (QED) is 0.791. The number of para-hydroxylation sites is 1. The number of carbonyl (C=O) groups is 2. The van der Waals surface area contributed by atoms with Crippen molar-refractivity contribution in [1.82, 2.24) is 4.90 Å². The molecule has 1 aromatic rings. The van der Waals surface area contributed by atoms with E-state index in [1.54, 1.807) is 18.2 Å². The van der Waals surface area contributed by atoms with Crippen molar-refractivity contribution in [2.75, 3.05) is 6.54 Å². The van der Waals surface area contributed by atoms with Crippen molar-refractivity contribution < 1.29 is 19.8 Å². The summed E-state index contributed by atoms with van der Waals surface area (Å²) < 4.78 is 0. The third-order valence-corrected chi connectivity index (χ3v) is 3.75. The first-order chi connectivity index (χ1) is 10.9. The Kier molecular flexibility index (Phi) is 4.89. The number of aliphatic hydroxyl groups is 1. The lowest BCUT2D eigenvalue weighted by Gasteiger charge is -2.26. The number of hydrogen-bond acceptors (Lipinski definition) is 4. The van der Waals surface area contributed by atoms with Gasteiger partial charge in [-0.1, -0.05) is 38.1 Å². The molecule has 1 heterocycles. The molecule has 0 aliphatic carbocycles. The number of hydrogen-bond donors (Lipinski definition) is 2. The molecular formula is C18H21NO4. The lowest BCUT2D eigenvalue weighted by molar-refractivity contribution is -0.128. The van der Waals surface area contributed by atoms with Gasteiger partial charge in [0.05, 0.1) is 11.6 Å². The Balaban J connectivity index is 2.55. The van der Waals surface area contributed by atoms with Crippen molar-refractivity contribution >= 4 is 11.7 Å².